The minimum Gasteiger partial charge on any atom is -0.321 e. The van der Waals surface area contributed by atoms with Crippen molar-refractivity contribution in [3.8, 4) is 0 Å². The van der Waals surface area contributed by atoms with E-state index in [0.29, 0.717) is 21.3 Å². The van der Waals surface area contributed by atoms with E-state index in [1.54, 1.807) is 25.2 Å². The minimum absolute atomic E-state index is 0.180. The zero-order chi connectivity index (χ0) is 14.0. The highest BCUT2D eigenvalue weighted by atomic mass is 35.5. The molecule has 4 nitrogen and oxygen atoms in total. The summed E-state index contributed by atoms with van der Waals surface area (Å²) in [6.07, 6.45) is 1.46. The van der Waals surface area contributed by atoms with Gasteiger partial charge < -0.3 is 9.88 Å². The number of nitrogens with one attached hydrogen (secondary N) is 1. The molecule has 1 N–H and O–H groups in total. The van der Waals surface area contributed by atoms with E-state index >= 15 is 0 Å². The summed E-state index contributed by atoms with van der Waals surface area (Å²) in [5.74, 6) is -0.347. The second-order valence-electron chi connectivity index (χ2n) is 3.95. The first kappa shape index (κ1) is 13.6. The Balaban J connectivity index is 2.25. The average molecular weight is 297 g/mol. The monoisotopic (exact) mass is 296 g/mol. The van der Waals surface area contributed by atoms with Gasteiger partial charge in [-0.2, -0.15) is 0 Å². The van der Waals surface area contributed by atoms with E-state index in [9.17, 15) is 9.59 Å². The lowest BCUT2D eigenvalue weighted by Gasteiger charge is -2.08. The Morgan fingerprint density at radius 1 is 1.21 bits per heavy atom. The molecule has 0 atom stereocenters. The van der Waals surface area contributed by atoms with E-state index in [1.807, 2.05) is 0 Å². The van der Waals surface area contributed by atoms with Gasteiger partial charge in [0.2, 0.25) is 5.56 Å². The zero-order valence-corrected chi connectivity index (χ0v) is 11.5. The van der Waals surface area contributed by atoms with Crippen LogP contribution in [0.15, 0.2) is 41.3 Å². The summed E-state index contributed by atoms with van der Waals surface area (Å²) in [4.78, 5) is 23.2. The zero-order valence-electron chi connectivity index (χ0n) is 9.98. The maximum absolute atomic E-state index is 12.0. The Labute approximate surface area is 119 Å². The Kier molecular flexibility index (Phi) is 3.93. The van der Waals surface area contributed by atoms with Gasteiger partial charge in [0.25, 0.3) is 5.91 Å². The number of carbonyl (C=O) groups excluding carboxylic acids is 1. The van der Waals surface area contributed by atoms with Crippen LogP contribution in [0, 0.1) is 0 Å². The van der Waals surface area contributed by atoms with Gasteiger partial charge in [0.15, 0.2) is 0 Å². The molecule has 0 saturated heterocycles. The third kappa shape index (κ3) is 3.16. The van der Waals surface area contributed by atoms with Crippen LogP contribution < -0.4 is 10.9 Å². The first-order chi connectivity index (χ1) is 8.97. The molecule has 19 heavy (non-hydrogen) atoms. The lowest BCUT2D eigenvalue weighted by atomic mass is 10.2. The van der Waals surface area contributed by atoms with E-state index in [-0.39, 0.29) is 11.5 Å². The van der Waals surface area contributed by atoms with Gasteiger partial charge in [-0.25, -0.2) is 0 Å². The van der Waals surface area contributed by atoms with Crippen molar-refractivity contribution >= 4 is 34.8 Å². The van der Waals surface area contributed by atoms with Gasteiger partial charge in [-0.3, -0.25) is 9.59 Å². The summed E-state index contributed by atoms with van der Waals surface area (Å²) in [5.41, 5.74) is 0.652. The molecule has 0 saturated carbocycles. The van der Waals surface area contributed by atoms with Crippen LogP contribution in [0.5, 0.6) is 0 Å². The van der Waals surface area contributed by atoms with Crippen molar-refractivity contribution in [2.24, 2.45) is 7.05 Å². The normalized spacial score (nSPS) is 10.3. The number of carbonyl (C=O) groups is 1. The first-order valence-corrected chi connectivity index (χ1v) is 6.16. The van der Waals surface area contributed by atoms with Crippen LogP contribution in [0.1, 0.15) is 10.4 Å². The fourth-order valence-electron chi connectivity index (χ4n) is 1.51. The van der Waals surface area contributed by atoms with E-state index < -0.39 is 0 Å². The molecule has 2 aromatic rings. The summed E-state index contributed by atoms with van der Waals surface area (Å²) >= 11 is 11.7. The molecule has 0 radical (unpaired) electrons. The number of aryl methyl sites for hydroxylation is 1. The predicted octanol–water partition coefficient (Wildman–Crippen LogP) is 2.94. The van der Waals surface area contributed by atoms with Crippen LogP contribution in [0.4, 0.5) is 5.69 Å². The second kappa shape index (κ2) is 5.47. The van der Waals surface area contributed by atoms with E-state index in [0.717, 1.165) is 0 Å². The van der Waals surface area contributed by atoms with Crippen LogP contribution in [0.3, 0.4) is 0 Å². The number of nitrogens with zero attached hydrogens (tertiary/aromatic N) is 1. The van der Waals surface area contributed by atoms with Crippen LogP contribution in [0.25, 0.3) is 0 Å². The summed E-state index contributed by atoms with van der Waals surface area (Å²) in [7, 11) is 1.58. The summed E-state index contributed by atoms with van der Waals surface area (Å²) in [6.45, 7) is 0. The molecular weight excluding hydrogens is 287 g/mol. The second-order valence-corrected chi connectivity index (χ2v) is 4.79. The summed E-state index contributed by atoms with van der Waals surface area (Å²) in [6, 6.07) is 7.58. The number of rotatable bonds is 2. The molecule has 1 heterocycles. The Morgan fingerprint density at radius 3 is 2.58 bits per heavy atom. The minimum atomic E-state index is -0.347. The van der Waals surface area contributed by atoms with Crippen molar-refractivity contribution in [1.29, 1.82) is 0 Å². The fraction of sp³-hybridized carbons (Fsp3) is 0.0769. The van der Waals surface area contributed by atoms with Gasteiger partial charge in [0.1, 0.15) is 0 Å². The molecular formula is C13H10Cl2N2O2. The van der Waals surface area contributed by atoms with Crippen LogP contribution in [0.2, 0.25) is 10.0 Å². The van der Waals surface area contributed by atoms with E-state index in [4.69, 9.17) is 23.2 Å². The van der Waals surface area contributed by atoms with Gasteiger partial charge in [-0.15, -0.1) is 0 Å². The smallest absolute Gasteiger partial charge is 0.257 e. The van der Waals surface area contributed by atoms with Crippen molar-refractivity contribution in [1.82, 2.24) is 4.57 Å². The SMILES string of the molecule is Cn1cc(C(=O)Nc2ccc(Cl)cc2Cl)ccc1=O. The highest BCUT2D eigenvalue weighted by Crippen LogP contribution is 2.25. The number of aromatic nitrogens is 1. The number of amides is 1. The molecule has 0 bridgehead atoms. The van der Waals surface area contributed by atoms with Crippen LogP contribution >= 0.6 is 23.2 Å². The number of halogens is 2. The summed E-state index contributed by atoms with van der Waals surface area (Å²) in [5, 5.41) is 3.50. The van der Waals surface area contributed by atoms with Crippen LogP contribution in [-0.4, -0.2) is 10.5 Å². The molecule has 0 fully saturated rings. The molecule has 1 aromatic carbocycles. The Morgan fingerprint density at radius 2 is 1.95 bits per heavy atom. The average Bonchev–Trinajstić information content (AvgIpc) is 2.36. The van der Waals surface area contributed by atoms with Crippen molar-refractivity contribution in [2.45, 2.75) is 0 Å². The Hall–Kier alpha value is -1.78. The third-order valence-corrected chi connectivity index (χ3v) is 3.08. The molecule has 0 aliphatic carbocycles. The van der Waals surface area contributed by atoms with Crippen LogP contribution in [-0.2, 0) is 7.05 Å². The molecule has 0 aliphatic rings. The molecule has 1 amide bonds. The van der Waals surface area contributed by atoms with E-state index in [1.165, 1.54) is 22.9 Å². The van der Waals surface area contributed by atoms with Gasteiger partial charge in [0, 0.05) is 24.3 Å². The Bertz CT molecular complexity index is 695. The van der Waals surface area contributed by atoms with Gasteiger partial charge in [0.05, 0.1) is 16.3 Å². The third-order valence-electron chi connectivity index (χ3n) is 2.53. The maximum Gasteiger partial charge on any atom is 0.257 e. The number of hydrogen-bond acceptors (Lipinski definition) is 2. The van der Waals surface area contributed by atoms with Gasteiger partial charge in [-0.1, -0.05) is 23.2 Å². The lowest BCUT2D eigenvalue weighted by Crippen LogP contribution is -2.19. The fourth-order valence-corrected chi connectivity index (χ4v) is 1.97. The van der Waals surface area contributed by atoms with Crippen molar-refractivity contribution in [3.63, 3.8) is 0 Å². The number of benzene rings is 1. The summed E-state index contributed by atoms with van der Waals surface area (Å²) < 4.78 is 1.33. The van der Waals surface area contributed by atoms with Crippen molar-refractivity contribution < 1.29 is 4.79 Å². The first-order valence-electron chi connectivity index (χ1n) is 5.40. The molecule has 0 unspecified atom stereocenters. The molecule has 0 spiro atoms. The predicted molar refractivity (Wildman–Crippen MR) is 76.1 cm³/mol. The number of hydrogen-bond donors (Lipinski definition) is 1. The van der Waals surface area contributed by atoms with Crippen molar-refractivity contribution in [3.05, 3.63) is 62.5 Å². The molecule has 98 valence electrons. The number of pyridine rings is 1. The topological polar surface area (TPSA) is 51.1 Å². The molecule has 0 aliphatic heterocycles. The largest absolute Gasteiger partial charge is 0.321 e. The highest BCUT2D eigenvalue weighted by molar-refractivity contribution is 6.36. The quantitative estimate of drug-likeness (QED) is 0.926. The van der Waals surface area contributed by atoms with E-state index in [2.05, 4.69) is 5.32 Å². The standard InChI is InChI=1S/C13H10Cl2N2O2/c1-17-7-8(2-5-12(17)18)13(19)16-11-4-3-9(14)6-10(11)15/h2-7H,1H3,(H,16,19). The molecule has 2 rings (SSSR count). The lowest BCUT2D eigenvalue weighted by molar-refractivity contribution is 0.102. The highest BCUT2D eigenvalue weighted by Gasteiger charge is 2.09. The molecule has 1 aromatic heterocycles. The number of anilines is 1. The van der Waals surface area contributed by atoms with Gasteiger partial charge >= 0.3 is 0 Å². The maximum atomic E-state index is 12.0. The van der Waals surface area contributed by atoms with Gasteiger partial charge in [-0.05, 0) is 24.3 Å². The molecule has 6 heteroatoms. The van der Waals surface area contributed by atoms with Crippen molar-refractivity contribution in [2.75, 3.05) is 5.32 Å².